The molecule has 0 fully saturated rings. The SMILES string of the molecule is Cc1nn(CCN)c(C)c1S(=O)(=O)Nc1ccncc1. The lowest BCUT2D eigenvalue weighted by Crippen LogP contribution is -2.16. The molecule has 2 aromatic rings. The van der Waals surface area contributed by atoms with Gasteiger partial charge in [0.05, 0.1) is 23.6 Å². The summed E-state index contributed by atoms with van der Waals surface area (Å²) in [6, 6.07) is 3.18. The van der Waals surface area contributed by atoms with E-state index in [0.717, 1.165) is 0 Å². The van der Waals surface area contributed by atoms with Crippen molar-refractivity contribution in [3.05, 3.63) is 35.9 Å². The van der Waals surface area contributed by atoms with Gasteiger partial charge in [0.25, 0.3) is 10.0 Å². The van der Waals surface area contributed by atoms with Gasteiger partial charge >= 0.3 is 0 Å². The third-order valence-corrected chi connectivity index (χ3v) is 4.49. The number of anilines is 1. The van der Waals surface area contributed by atoms with E-state index in [1.807, 2.05) is 0 Å². The van der Waals surface area contributed by atoms with Crippen LogP contribution in [-0.4, -0.2) is 29.7 Å². The number of hydrogen-bond acceptors (Lipinski definition) is 5. The summed E-state index contributed by atoms with van der Waals surface area (Å²) in [5, 5.41) is 4.21. The summed E-state index contributed by atoms with van der Waals surface area (Å²) in [7, 11) is -3.67. The van der Waals surface area contributed by atoms with Crippen LogP contribution >= 0.6 is 0 Å². The van der Waals surface area contributed by atoms with Crippen LogP contribution in [0.2, 0.25) is 0 Å². The molecule has 20 heavy (non-hydrogen) atoms. The molecule has 0 aliphatic carbocycles. The van der Waals surface area contributed by atoms with Gasteiger partial charge in [-0.2, -0.15) is 5.10 Å². The summed E-state index contributed by atoms with van der Waals surface area (Å²) >= 11 is 0. The van der Waals surface area contributed by atoms with Gasteiger partial charge in [0.2, 0.25) is 0 Å². The van der Waals surface area contributed by atoms with Crippen LogP contribution in [0.25, 0.3) is 0 Å². The first kappa shape index (κ1) is 14.5. The first-order valence-electron chi connectivity index (χ1n) is 6.12. The number of aryl methyl sites for hydroxylation is 1. The molecule has 0 saturated heterocycles. The van der Waals surface area contributed by atoms with Gasteiger partial charge in [-0.25, -0.2) is 8.42 Å². The average Bonchev–Trinajstić information content (AvgIpc) is 2.66. The second kappa shape index (κ2) is 5.59. The Kier molecular flexibility index (Phi) is 4.05. The molecule has 0 spiro atoms. The number of nitrogens with one attached hydrogen (secondary N) is 1. The van der Waals surface area contributed by atoms with E-state index in [2.05, 4.69) is 14.8 Å². The van der Waals surface area contributed by atoms with Crippen LogP contribution < -0.4 is 10.5 Å². The number of nitrogens with zero attached hydrogens (tertiary/aromatic N) is 3. The molecule has 2 heterocycles. The molecule has 7 nitrogen and oxygen atoms in total. The Balaban J connectivity index is 2.40. The summed E-state index contributed by atoms with van der Waals surface area (Å²) in [5.74, 6) is 0. The van der Waals surface area contributed by atoms with Crippen molar-refractivity contribution < 1.29 is 8.42 Å². The summed E-state index contributed by atoms with van der Waals surface area (Å²) in [4.78, 5) is 4.04. The molecule has 2 rings (SSSR count). The molecule has 0 aliphatic rings. The van der Waals surface area contributed by atoms with E-state index in [-0.39, 0.29) is 4.90 Å². The van der Waals surface area contributed by atoms with Crippen LogP contribution in [-0.2, 0) is 16.6 Å². The molecule has 0 amide bonds. The largest absolute Gasteiger partial charge is 0.329 e. The van der Waals surface area contributed by atoms with Gasteiger partial charge in [0.1, 0.15) is 4.90 Å². The molecular weight excluding hydrogens is 278 g/mol. The molecule has 0 unspecified atom stereocenters. The maximum Gasteiger partial charge on any atom is 0.265 e. The number of pyridine rings is 1. The maximum absolute atomic E-state index is 12.4. The molecule has 0 atom stereocenters. The third-order valence-electron chi connectivity index (χ3n) is 2.86. The van der Waals surface area contributed by atoms with Gasteiger partial charge in [-0.15, -0.1) is 0 Å². The van der Waals surface area contributed by atoms with Crippen molar-refractivity contribution in [2.75, 3.05) is 11.3 Å². The second-order valence-electron chi connectivity index (χ2n) is 4.35. The zero-order valence-electron chi connectivity index (χ0n) is 11.4. The molecule has 0 bridgehead atoms. The molecular formula is C12H17N5O2S. The minimum atomic E-state index is -3.67. The highest BCUT2D eigenvalue weighted by atomic mass is 32.2. The fourth-order valence-corrected chi connectivity index (χ4v) is 3.51. The van der Waals surface area contributed by atoms with Crippen LogP contribution in [0.3, 0.4) is 0 Å². The fraction of sp³-hybridized carbons (Fsp3) is 0.333. The number of nitrogens with two attached hydrogens (primary N) is 1. The van der Waals surface area contributed by atoms with Crippen molar-refractivity contribution >= 4 is 15.7 Å². The maximum atomic E-state index is 12.4. The van der Waals surface area contributed by atoms with Crippen LogP contribution in [0.1, 0.15) is 11.4 Å². The van der Waals surface area contributed by atoms with Gasteiger partial charge < -0.3 is 5.73 Å². The minimum Gasteiger partial charge on any atom is -0.329 e. The van der Waals surface area contributed by atoms with Crippen molar-refractivity contribution in [3.63, 3.8) is 0 Å². The van der Waals surface area contributed by atoms with Crippen molar-refractivity contribution in [1.82, 2.24) is 14.8 Å². The van der Waals surface area contributed by atoms with Gasteiger partial charge in [-0.3, -0.25) is 14.4 Å². The number of sulfonamides is 1. The number of rotatable bonds is 5. The number of aromatic nitrogens is 3. The van der Waals surface area contributed by atoms with Gasteiger partial charge in [-0.05, 0) is 26.0 Å². The molecule has 0 saturated carbocycles. The lowest BCUT2D eigenvalue weighted by molar-refractivity contribution is 0.593. The van der Waals surface area contributed by atoms with Crippen molar-refractivity contribution in [2.45, 2.75) is 25.3 Å². The highest BCUT2D eigenvalue weighted by Gasteiger charge is 2.24. The summed E-state index contributed by atoms with van der Waals surface area (Å²) in [6.45, 7) is 4.27. The molecule has 0 aromatic carbocycles. The van der Waals surface area contributed by atoms with E-state index in [0.29, 0.717) is 30.2 Å². The van der Waals surface area contributed by atoms with E-state index in [9.17, 15) is 8.42 Å². The van der Waals surface area contributed by atoms with Crippen LogP contribution in [0.15, 0.2) is 29.4 Å². The normalized spacial score (nSPS) is 11.6. The average molecular weight is 295 g/mol. The Labute approximate surface area is 117 Å². The lowest BCUT2D eigenvalue weighted by Gasteiger charge is -2.08. The Morgan fingerprint density at radius 1 is 1.30 bits per heavy atom. The lowest BCUT2D eigenvalue weighted by atomic mass is 10.4. The van der Waals surface area contributed by atoms with Gasteiger partial charge in [0, 0.05) is 18.9 Å². The zero-order chi connectivity index (χ0) is 14.8. The molecule has 2 aromatic heterocycles. The predicted molar refractivity (Wildman–Crippen MR) is 75.8 cm³/mol. The smallest absolute Gasteiger partial charge is 0.265 e. The van der Waals surface area contributed by atoms with Crippen molar-refractivity contribution in [1.29, 1.82) is 0 Å². The quantitative estimate of drug-likeness (QED) is 0.843. The first-order chi connectivity index (χ1) is 9.45. The summed E-state index contributed by atoms with van der Waals surface area (Å²) < 4.78 is 29.0. The van der Waals surface area contributed by atoms with Crippen molar-refractivity contribution in [2.24, 2.45) is 5.73 Å². The van der Waals surface area contributed by atoms with E-state index in [1.54, 1.807) is 30.7 Å². The van der Waals surface area contributed by atoms with Crippen LogP contribution in [0, 0.1) is 13.8 Å². The predicted octanol–water partition coefficient (Wildman–Crippen LogP) is 0.654. The number of hydrogen-bond donors (Lipinski definition) is 2. The Bertz CT molecular complexity index is 694. The summed E-state index contributed by atoms with van der Waals surface area (Å²) in [6.07, 6.45) is 3.05. The van der Waals surface area contributed by atoms with E-state index < -0.39 is 10.0 Å². The van der Waals surface area contributed by atoms with E-state index in [4.69, 9.17) is 5.73 Å². The third kappa shape index (κ3) is 2.81. The van der Waals surface area contributed by atoms with Crippen molar-refractivity contribution in [3.8, 4) is 0 Å². The molecule has 0 aliphatic heterocycles. The fourth-order valence-electron chi connectivity index (χ4n) is 2.04. The molecule has 3 N–H and O–H groups in total. The minimum absolute atomic E-state index is 0.197. The van der Waals surface area contributed by atoms with Gasteiger partial charge in [-0.1, -0.05) is 0 Å². The first-order valence-corrected chi connectivity index (χ1v) is 7.61. The standard InChI is InChI=1S/C12H17N5O2S/c1-9-12(10(2)17(15-9)8-5-13)20(18,19)16-11-3-6-14-7-4-11/h3-4,6-7H,5,8,13H2,1-2H3,(H,14,16). The Morgan fingerprint density at radius 2 is 1.95 bits per heavy atom. The van der Waals surface area contributed by atoms with Gasteiger partial charge in [0.15, 0.2) is 0 Å². The highest BCUT2D eigenvalue weighted by molar-refractivity contribution is 7.92. The molecule has 108 valence electrons. The Hall–Kier alpha value is -1.93. The van der Waals surface area contributed by atoms with E-state index >= 15 is 0 Å². The molecule has 0 radical (unpaired) electrons. The second-order valence-corrected chi connectivity index (χ2v) is 5.97. The topological polar surface area (TPSA) is 103 Å². The van der Waals surface area contributed by atoms with Crippen LogP contribution in [0.4, 0.5) is 5.69 Å². The highest BCUT2D eigenvalue weighted by Crippen LogP contribution is 2.22. The molecule has 8 heteroatoms. The Morgan fingerprint density at radius 3 is 2.55 bits per heavy atom. The van der Waals surface area contributed by atoms with Crippen LogP contribution in [0.5, 0.6) is 0 Å². The van der Waals surface area contributed by atoms with E-state index in [1.165, 1.54) is 12.4 Å². The zero-order valence-corrected chi connectivity index (χ0v) is 12.2. The monoisotopic (exact) mass is 295 g/mol. The summed E-state index contributed by atoms with van der Waals surface area (Å²) in [5.41, 5.74) is 6.99.